The monoisotopic (exact) mass is 258 g/mol. The van der Waals surface area contributed by atoms with Gasteiger partial charge in [0.25, 0.3) is 5.69 Å². The maximum Gasteiger partial charge on any atom is 0.275 e. The standard InChI is InChI=1S/C11H15ClN2O3/c1-2-13(6-7-15)8-9-10(12)4-3-5-11(9)14(16)17/h3-5,15H,2,6-8H2,1H3. The van der Waals surface area contributed by atoms with Gasteiger partial charge in [0.1, 0.15) is 0 Å². The first-order chi connectivity index (χ1) is 8.10. The van der Waals surface area contributed by atoms with Crippen LogP contribution in [0.15, 0.2) is 18.2 Å². The highest BCUT2D eigenvalue weighted by Crippen LogP contribution is 2.27. The SMILES string of the molecule is CCN(CCO)Cc1c(Cl)cccc1[N+](=O)[O-]. The molecule has 0 aliphatic carbocycles. The van der Waals surface area contributed by atoms with Crippen LogP contribution in [0.4, 0.5) is 5.69 Å². The first kappa shape index (κ1) is 13.9. The Balaban J connectivity index is 2.99. The van der Waals surface area contributed by atoms with Crippen LogP contribution < -0.4 is 0 Å². The lowest BCUT2D eigenvalue weighted by Crippen LogP contribution is -2.26. The predicted octanol–water partition coefficient (Wildman–Crippen LogP) is 2.06. The lowest BCUT2D eigenvalue weighted by molar-refractivity contribution is -0.385. The van der Waals surface area contributed by atoms with E-state index in [1.54, 1.807) is 12.1 Å². The van der Waals surface area contributed by atoms with Crippen LogP contribution in [0.3, 0.4) is 0 Å². The van der Waals surface area contributed by atoms with Crippen LogP contribution in [0, 0.1) is 10.1 Å². The van der Waals surface area contributed by atoms with E-state index in [1.807, 2.05) is 11.8 Å². The fourth-order valence-corrected chi connectivity index (χ4v) is 1.82. The van der Waals surface area contributed by atoms with Crippen molar-refractivity contribution in [1.29, 1.82) is 0 Å². The molecule has 0 bridgehead atoms. The van der Waals surface area contributed by atoms with Crippen molar-refractivity contribution < 1.29 is 10.0 Å². The number of nitrogens with zero attached hydrogens (tertiary/aromatic N) is 2. The summed E-state index contributed by atoms with van der Waals surface area (Å²) in [4.78, 5) is 12.3. The fraction of sp³-hybridized carbons (Fsp3) is 0.455. The van der Waals surface area contributed by atoms with Crippen molar-refractivity contribution >= 4 is 17.3 Å². The summed E-state index contributed by atoms with van der Waals surface area (Å²) in [6.07, 6.45) is 0. The van der Waals surface area contributed by atoms with Gasteiger partial charge in [0.2, 0.25) is 0 Å². The van der Waals surface area contributed by atoms with Gasteiger partial charge in [-0.05, 0) is 12.6 Å². The summed E-state index contributed by atoms with van der Waals surface area (Å²) in [6.45, 7) is 3.49. The van der Waals surface area contributed by atoms with Crippen LogP contribution in [-0.4, -0.2) is 34.6 Å². The maximum absolute atomic E-state index is 10.9. The summed E-state index contributed by atoms with van der Waals surface area (Å²) in [5.41, 5.74) is 0.517. The molecule has 17 heavy (non-hydrogen) atoms. The van der Waals surface area contributed by atoms with Crippen molar-refractivity contribution in [2.24, 2.45) is 0 Å². The Morgan fingerprint density at radius 3 is 2.76 bits per heavy atom. The molecule has 0 heterocycles. The fourth-order valence-electron chi connectivity index (χ4n) is 1.59. The Kier molecular flexibility index (Phi) is 5.34. The average Bonchev–Trinajstić information content (AvgIpc) is 2.30. The molecule has 1 aromatic carbocycles. The normalized spacial score (nSPS) is 10.8. The number of rotatable bonds is 6. The Hall–Kier alpha value is -1.17. The lowest BCUT2D eigenvalue weighted by atomic mass is 10.1. The van der Waals surface area contributed by atoms with Gasteiger partial charge in [-0.25, -0.2) is 0 Å². The highest BCUT2D eigenvalue weighted by atomic mass is 35.5. The summed E-state index contributed by atoms with van der Waals surface area (Å²) in [5.74, 6) is 0. The highest BCUT2D eigenvalue weighted by Gasteiger charge is 2.18. The molecule has 1 N–H and O–H groups in total. The number of hydrogen-bond donors (Lipinski definition) is 1. The van der Waals surface area contributed by atoms with E-state index in [-0.39, 0.29) is 12.3 Å². The molecular formula is C11H15ClN2O3. The van der Waals surface area contributed by atoms with E-state index in [0.29, 0.717) is 30.2 Å². The summed E-state index contributed by atoms with van der Waals surface area (Å²) in [6, 6.07) is 4.64. The van der Waals surface area contributed by atoms with Crippen LogP contribution in [0.2, 0.25) is 5.02 Å². The molecule has 6 heteroatoms. The second-order valence-electron chi connectivity index (χ2n) is 3.59. The third-order valence-corrected chi connectivity index (χ3v) is 2.89. The number of aliphatic hydroxyl groups excluding tert-OH is 1. The molecule has 0 aliphatic rings. The van der Waals surface area contributed by atoms with Crippen LogP contribution in [-0.2, 0) is 6.54 Å². The molecule has 5 nitrogen and oxygen atoms in total. The second-order valence-corrected chi connectivity index (χ2v) is 3.99. The zero-order valence-corrected chi connectivity index (χ0v) is 10.4. The van der Waals surface area contributed by atoms with Crippen molar-refractivity contribution in [1.82, 2.24) is 4.90 Å². The van der Waals surface area contributed by atoms with Crippen LogP contribution in [0.1, 0.15) is 12.5 Å². The maximum atomic E-state index is 10.9. The molecule has 0 saturated heterocycles. The third-order valence-electron chi connectivity index (χ3n) is 2.54. The van der Waals surface area contributed by atoms with E-state index < -0.39 is 4.92 Å². The Bertz CT molecular complexity index is 398. The molecule has 0 unspecified atom stereocenters. The van der Waals surface area contributed by atoms with Crippen LogP contribution >= 0.6 is 11.6 Å². The Morgan fingerprint density at radius 2 is 2.24 bits per heavy atom. The largest absolute Gasteiger partial charge is 0.395 e. The molecule has 0 fully saturated rings. The van der Waals surface area contributed by atoms with Crippen molar-refractivity contribution in [2.45, 2.75) is 13.5 Å². The van der Waals surface area contributed by atoms with Crippen molar-refractivity contribution in [3.05, 3.63) is 38.9 Å². The molecule has 1 aromatic rings. The first-order valence-electron chi connectivity index (χ1n) is 5.35. The average molecular weight is 259 g/mol. The van der Waals surface area contributed by atoms with E-state index in [1.165, 1.54) is 6.07 Å². The van der Waals surface area contributed by atoms with Crippen molar-refractivity contribution in [3.63, 3.8) is 0 Å². The minimum Gasteiger partial charge on any atom is -0.395 e. The zero-order valence-electron chi connectivity index (χ0n) is 9.60. The van der Waals surface area contributed by atoms with Gasteiger partial charge in [-0.15, -0.1) is 0 Å². The minimum absolute atomic E-state index is 0.0199. The molecule has 0 aliphatic heterocycles. The first-order valence-corrected chi connectivity index (χ1v) is 5.73. The Labute approximate surface area is 105 Å². The third kappa shape index (κ3) is 3.66. The number of likely N-dealkylation sites (N-methyl/N-ethyl adjacent to an activating group) is 1. The quantitative estimate of drug-likeness (QED) is 0.627. The van der Waals surface area contributed by atoms with Crippen LogP contribution in [0.5, 0.6) is 0 Å². The summed E-state index contributed by atoms with van der Waals surface area (Å²) < 4.78 is 0. The van der Waals surface area contributed by atoms with Gasteiger partial charge in [0, 0.05) is 19.2 Å². The summed E-state index contributed by atoms with van der Waals surface area (Å²) in [5, 5.41) is 20.2. The van der Waals surface area contributed by atoms with Gasteiger partial charge in [0.15, 0.2) is 0 Å². The lowest BCUT2D eigenvalue weighted by Gasteiger charge is -2.19. The molecule has 0 aromatic heterocycles. The Morgan fingerprint density at radius 1 is 1.53 bits per heavy atom. The summed E-state index contributed by atoms with van der Waals surface area (Å²) in [7, 11) is 0. The van der Waals surface area contributed by atoms with E-state index in [2.05, 4.69) is 0 Å². The van der Waals surface area contributed by atoms with Gasteiger partial charge >= 0.3 is 0 Å². The van der Waals surface area contributed by atoms with Gasteiger partial charge in [-0.1, -0.05) is 24.6 Å². The minimum atomic E-state index is -0.437. The molecule has 0 spiro atoms. The smallest absolute Gasteiger partial charge is 0.275 e. The van der Waals surface area contributed by atoms with Crippen LogP contribution in [0.25, 0.3) is 0 Å². The molecule has 0 atom stereocenters. The number of nitro groups is 1. The van der Waals surface area contributed by atoms with E-state index in [4.69, 9.17) is 16.7 Å². The zero-order chi connectivity index (χ0) is 12.8. The molecule has 0 saturated carbocycles. The molecular weight excluding hydrogens is 244 g/mol. The molecule has 0 amide bonds. The molecule has 0 radical (unpaired) electrons. The topological polar surface area (TPSA) is 66.6 Å². The molecule has 1 rings (SSSR count). The number of halogens is 1. The predicted molar refractivity (Wildman–Crippen MR) is 66.1 cm³/mol. The number of benzene rings is 1. The summed E-state index contributed by atoms with van der Waals surface area (Å²) >= 11 is 5.98. The van der Waals surface area contributed by atoms with Crippen molar-refractivity contribution in [3.8, 4) is 0 Å². The van der Waals surface area contributed by atoms with Crippen molar-refractivity contribution in [2.75, 3.05) is 19.7 Å². The van der Waals surface area contributed by atoms with E-state index >= 15 is 0 Å². The van der Waals surface area contributed by atoms with Gasteiger partial charge in [-0.2, -0.15) is 0 Å². The number of aliphatic hydroxyl groups is 1. The second kappa shape index (κ2) is 6.54. The van der Waals surface area contributed by atoms with Gasteiger partial charge < -0.3 is 5.11 Å². The highest BCUT2D eigenvalue weighted by molar-refractivity contribution is 6.31. The van der Waals surface area contributed by atoms with Gasteiger partial charge in [-0.3, -0.25) is 15.0 Å². The van der Waals surface area contributed by atoms with E-state index in [9.17, 15) is 10.1 Å². The molecule has 94 valence electrons. The van der Waals surface area contributed by atoms with E-state index in [0.717, 1.165) is 0 Å². The number of nitro benzene ring substituents is 1. The number of hydrogen-bond acceptors (Lipinski definition) is 4. The van der Waals surface area contributed by atoms with Gasteiger partial charge in [0.05, 0.1) is 22.1 Å².